The number of anilines is 1. The molecule has 1 aliphatic rings. The van der Waals surface area contributed by atoms with Gasteiger partial charge in [-0.2, -0.15) is 11.8 Å². The lowest BCUT2D eigenvalue weighted by molar-refractivity contribution is -0.385. The number of rotatable bonds is 4. The highest BCUT2D eigenvalue weighted by atomic mass is 32.2. The van der Waals surface area contributed by atoms with Crippen molar-refractivity contribution in [2.24, 2.45) is 0 Å². The minimum absolute atomic E-state index is 0.292. The second kappa shape index (κ2) is 5.43. The maximum absolute atomic E-state index is 11.1. The molecular weight excluding hydrogens is 270 g/mol. The van der Waals surface area contributed by atoms with Crippen LogP contribution in [0.1, 0.15) is 16.8 Å². The molecule has 2 rings (SSSR count). The molecule has 1 fully saturated rings. The van der Waals surface area contributed by atoms with E-state index in [1.165, 1.54) is 6.07 Å². The van der Waals surface area contributed by atoms with Crippen molar-refractivity contribution in [3.63, 3.8) is 0 Å². The van der Waals surface area contributed by atoms with Gasteiger partial charge < -0.3 is 10.0 Å². The number of hydrogen-bond acceptors (Lipinski definition) is 6. The van der Waals surface area contributed by atoms with Gasteiger partial charge in [0, 0.05) is 24.9 Å². The fraction of sp³-hybridized carbons (Fsp3) is 0.455. The molecule has 8 heteroatoms. The topological polar surface area (TPSA) is 96.6 Å². The van der Waals surface area contributed by atoms with Crippen molar-refractivity contribution >= 4 is 29.2 Å². The molecular formula is C11H13N3O4S. The van der Waals surface area contributed by atoms with Gasteiger partial charge in [-0.15, -0.1) is 0 Å². The fourth-order valence-electron chi connectivity index (χ4n) is 1.96. The zero-order valence-corrected chi connectivity index (χ0v) is 11.1. The number of hydrogen-bond donors (Lipinski definition) is 1. The van der Waals surface area contributed by atoms with Crippen molar-refractivity contribution in [2.45, 2.75) is 12.5 Å². The zero-order chi connectivity index (χ0) is 14.0. The van der Waals surface area contributed by atoms with Crippen LogP contribution in [-0.4, -0.2) is 45.6 Å². The first-order valence-electron chi connectivity index (χ1n) is 5.69. The lowest BCUT2D eigenvalue weighted by Gasteiger charge is -2.24. The average molecular weight is 283 g/mol. The largest absolute Gasteiger partial charge is 0.477 e. The number of carboxylic acids is 1. The molecule has 1 saturated heterocycles. The van der Waals surface area contributed by atoms with E-state index in [-0.39, 0.29) is 5.56 Å². The minimum Gasteiger partial charge on any atom is -0.477 e. The van der Waals surface area contributed by atoms with Crippen molar-refractivity contribution in [3.05, 3.63) is 27.9 Å². The number of thioether (sulfide) groups is 1. The van der Waals surface area contributed by atoms with Gasteiger partial charge in [0.2, 0.25) is 0 Å². The van der Waals surface area contributed by atoms with Crippen LogP contribution in [0.3, 0.4) is 0 Å². The molecule has 1 atom stereocenters. The summed E-state index contributed by atoms with van der Waals surface area (Å²) in [5.74, 6) is 1.16. The molecule has 0 radical (unpaired) electrons. The first kappa shape index (κ1) is 13.6. The third kappa shape index (κ3) is 2.78. The minimum atomic E-state index is -1.32. The lowest BCUT2D eigenvalue weighted by atomic mass is 10.2. The number of carbonyl (C=O) groups is 1. The van der Waals surface area contributed by atoms with E-state index in [1.54, 1.807) is 0 Å². The third-order valence-electron chi connectivity index (χ3n) is 3.11. The Labute approximate surface area is 113 Å². The van der Waals surface area contributed by atoms with Crippen molar-refractivity contribution < 1.29 is 14.8 Å². The van der Waals surface area contributed by atoms with Crippen LogP contribution in [0.4, 0.5) is 11.5 Å². The number of aromatic carboxylic acids is 1. The van der Waals surface area contributed by atoms with Gasteiger partial charge in [-0.1, -0.05) is 0 Å². The third-order valence-corrected chi connectivity index (χ3v) is 4.26. The predicted octanol–water partition coefficient (Wildman–Crippen LogP) is 1.63. The molecule has 0 amide bonds. The molecule has 102 valence electrons. The van der Waals surface area contributed by atoms with E-state index in [0.717, 1.165) is 24.1 Å². The Bertz CT molecular complexity index is 517. The van der Waals surface area contributed by atoms with E-state index in [9.17, 15) is 14.9 Å². The van der Waals surface area contributed by atoms with E-state index in [1.807, 2.05) is 23.7 Å². The van der Waals surface area contributed by atoms with Crippen LogP contribution in [0.15, 0.2) is 12.3 Å². The van der Waals surface area contributed by atoms with E-state index in [4.69, 9.17) is 5.11 Å². The van der Waals surface area contributed by atoms with E-state index in [2.05, 4.69) is 4.98 Å². The van der Waals surface area contributed by atoms with Crippen molar-refractivity contribution in [3.8, 4) is 0 Å². The lowest BCUT2D eigenvalue weighted by Crippen LogP contribution is -2.32. The van der Waals surface area contributed by atoms with Gasteiger partial charge in [-0.3, -0.25) is 10.1 Å². The number of carboxylic acid groups (broad SMARTS) is 1. The summed E-state index contributed by atoms with van der Waals surface area (Å²) < 4.78 is 0. The predicted molar refractivity (Wildman–Crippen MR) is 72.0 cm³/mol. The Kier molecular flexibility index (Phi) is 3.89. The summed E-state index contributed by atoms with van der Waals surface area (Å²) >= 11 is 1.83. The van der Waals surface area contributed by atoms with Gasteiger partial charge in [0.1, 0.15) is 17.6 Å². The molecule has 1 N–H and O–H groups in total. The second-order valence-electron chi connectivity index (χ2n) is 4.25. The molecule has 1 aromatic rings. The maximum Gasteiger partial charge on any atom is 0.342 e. The molecule has 2 heterocycles. The average Bonchev–Trinajstić information content (AvgIpc) is 2.90. The number of nitrogens with zero attached hydrogens (tertiary/aromatic N) is 3. The number of aromatic nitrogens is 1. The molecule has 0 aromatic carbocycles. The van der Waals surface area contributed by atoms with Crippen LogP contribution in [-0.2, 0) is 0 Å². The highest BCUT2D eigenvalue weighted by Gasteiger charge is 2.25. The van der Waals surface area contributed by atoms with E-state index in [0.29, 0.717) is 11.9 Å². The summed E-state index contributed by atoms with van der Waals surface area (Å²) in [5.41, 5.74) is -0.807. The Hall–Kier alpha value is -1.83. The van der Waals surface area contributed by atoms with Gasteiger partial charge in [0.25, 0.3) is 0 Å². The van der Waals surface area contributed by atoms with E-state index < -0.39 is 16.6 Å². The normalized spacial score (nSPS) is 18.3. The SMILES string of the molecule is CN(c1cc(C(=O)O)c([N+](=O)[O-])cn1)C1CCSC1. The maximum atomic E-state index is 11.1. The molecule has 1 unspecified atom stereocenters. The van der Waals surface area contributed by atoms with Gasteiger partial charge in [0.05, 0.1) is 4.92 Å². The monoisotopic (exact) mass is 283 g/mol. The smallest absolute Gasteiger partial charge is 0.342 e. The Morgan fingerprint density at radius 3 is 2.95 bits per heavy atom. The fourth-order valence-corrected chi connectivity index (χ4v) is 3.23. The van der Waals surface area contributed by atoms with Gasteiger partial charge in [-0.05, 0) is 12.2 Å². The zero-order valence-electron chi connectivity index (χ0n) is 10.3. The van der Waals surface area contributed by atoms with E-state index >= 15 is 0 Å². The van der Waals surface area contributed by atoms with Crippen molar-refractivity contribution in [1.82, 2.24) is 4.98 Å². The summed E-state index contributed by atoms with van der Waals surface area (Å²) in [4.78, 5) is 27.0. The summed E-state index contributed by atoms with van der Waals surface area (Å²) in [6.45, 7) is 0. The van der Waals surface area contributed by atoms with Crippen LogP contribution in [0.2, 0.25) is 0 Å². The first-order valence-corrected chi connectivity index (χ1v) is 6.84. The molecule has 1 aromatic heterocycles. The van der Waals surface area contributed by atoms with Crippen LogP contribution < -0.4 is 4.90 Å². The summed E-state index contributed by atoms with van der Waals surface area (Å²) in [5, 5.41) is 19.8. The van der Waals surface area contributed by atoms with Crippen molar-refractivity contribution in [2.75, 3.05) is 23.5 Å². The molecule has 1 aliphatic heterocycles. The second-order valence-corrected chi connectivity index (χ2v) is 5.40. The van der Waals surface area contributed by atoms with Crippen LogP contribution in [0.5, 0.6) is 0 Å². The number of nitro groups is 1. The highest BCUT2D eigenvalue weighted by molar-refractivity contribution is 7.99. The van der Waals surface area contributed by atoms with Gasteiger partial charge in [-0.25, -0.2) is 9.78 Å². The van der Waals surface area contributed by atoms with Crippen molar-refractivity contribution in [1.29, 1.82) is 0 Å². The molecule has 0 bridgehead atoms. The molecule has 7 nitrogen and oxygen atoms in total. The molecule has 0 aliphatic carbocycles. The van der Waals surface area contributed by atoms with Crippen LogP contribution >= 0.6 is 11.8 Å². The van der Waals surface area contributed by atoms with Gasteiger partial charge >= 0.3 is 11.7 Å². The van der Waals surface area contributed by atoms with Crippen LogP contribution in [0, 0.1) is 10.1 Å². The molecule has 0 spiro atoms. The molecule has 0 saturated carbocycles. The summed E-state index contributed by atoms with van der Waals surface area (Å²) in [6, 6.07) is 1.56. The number of pyridine rings is 1. The van der Waals surface area contributed by atoms with Crippen LogP contribution in [0.25, 0.3) is 0 Å². The summed E-state index contributed by atoms with van der Waals surface area (Å²) in [6.07, 6.45) is 2.01. The quantitative estimate of drug-likeness (QED) is 0.662. The first-order chi connectivity index (χ1) is 9.00. The summed E-state index contributed by atoms with van der Waals surface area (Å²) in [7, 11) is 1.83. The Morgan fingerprint density at radius 2 is 2.42 bits per heavy atom. The van der Waals surface area contributed by atoms with Gasteiger partial charge in [0.15, 0.2) is 0 Å². The Balaban J connectivity index is 2.34. The Morgan fingerprint density at radius 1 is 1.68 bits per heavy atom. The molecule has 19 heavy (non-hydrogen) atoms. The standard InChI is InChI=1S/C11H13N3O4S/c1-13(7-2-3-19-6-7)10-4-8(11(15)16)9(5-12-10)14(17)18/h4-5,7H,2-3,6H2,1H3,(H,15,16). The highest BCUT2D eigenvalue weighted by Crippen LogP contribution is 2.27.